The van der Waals surface area contributed by atoms with Gasteiger partial charge in [-0.1, -0.05) is 78.4 Å². The van der Waals surface area contributed by atoms with Gasteiger partial charge in [0.15, 0.2) is 0 Å². The molecule has 0 aliphatic heterocycles. The average Bonchev–Trinajstić information content (AvgIpc) is 3.44. The van der Waals surface area contributed by atoms with Gasteiger partial charge in [-0.05, 0) is 141 Å². The van der Waals surface area contributed by atoms with Crippen LogP contribution in [-0.2, 0) is 20.6 Å². The first kappa shape index (κ1) is 37.1. The van der Waals surface area contributed by atoms with Gasteiger partial charge in [-0.25, -0.2) is 9.59 Å². The number of hydrogen-bond acceptors (Lipinski definition) is 5. The Labute approximate surface area is 292 Å². The summed E-state index contributed by atoms with van der Waals surface area (Å²) in [4.78, 5) is 24.3. The molecule has 1 aromatic rings. The van der Waals surface area contributed by atoms with E-state index in [1.54, 1.807) is 23.8 Å². The standard InChI is InChI=1S/C43H66O5/c1-29(2)13-12-14-30(3)37-20-21-38-36-19-17-33-28-34(22-24-42(33,4)39(36)23-25-43(37,38)5)48-26-11-9-8-10-15-31-27-32(40(44)46-6)16-18-35(31)41(45)47-7/h16-18,27,29-30,34,36-39H,8-15,19-26,28H2,1-7H3/t30-,34?,36+,37-,38+,39+,42+,43-/m1/s1. The molecule has 268 valence electrons. The molecule has 1 aromatic carbocycles. The maximum Gasteiger partial charge on any atom is 0.338 e. The molecule has 3 saturated carbocycles. The van der Waals surface area contributed by atoms with Crippen LogP contribution in [0.4, 0.5) is 0 Å². The number of allylic oxidation sites excluding steroid dienone is 1. The summed E-state index contributed by atoms with van der Waals surface area (Å²) >= 11 is 0. The third-order valence-electron chi connectivity index (χ3n) is 13.9. The number of unbranched alkanes of at least 4 members (excludes halogenated alkanes) is 3. The van der Waals surface area contributed by atoms with E-state index in [9.17, 15) is 9.59 Å². The molecule has 4 aliphatic rings. The van der Waals surface area contributed by atoms with Gasteiger partial charge in [0.05, 0.1) is 31.5 Å². The fourth-order valence-corrected chi connectivity index (χ4v) is 11.2. The number of carbonyl (C=O) groups is 2. The van der Waals surface area contributed by atoms with Crippen molar-refractivity contribution >= 4 is 11.9 Å². The van der Waals surface area contributed by atoms with E-state index in [-0.39, 0.29) is 5.97 Å². The van der Waals surface area contributed by atoms with Crippen LogP contribution < -0.4 is 0 Å². The minimum absolute atomic E-state index is 0.362. The number of rotatable bonds is 15. The smallest absolute Gasteiger partial charge is 0.338 e. The molecule has 1 unspecified atom stereocenters. The molecule has 5 heteroatoms. The topological polar surface area (TPSA) is 61.8 Å². The van der Waals surface area contributed by atoms with E-state index in [1.807, 2.05) is 0 Å². The normalized spacial score (nSPS) is 31.8. The zero-order valence-electron chi connectivity index (χ0n) is 31.4. The van der Waals surface area contributed by atoms with E-state index in [0.717, 1.165) is 86.2 Å². The Hall–Kier alpha value is -2.14. The van der Waals surface area contributed by atoms with Gasteiger partial charge in [-0.15, -0.1) is 0 Å². The SMILES string of the molecule is COC(=O)c1ccc(C(=O)OC)c(CCCCCCOC2CC[C@@]3(C)C(=CC[C@H]4[C@@H]5CC[C@H]([C@H](C)CCCC(C)C)[C@@]5(C)CC[C@@H]43)C2)c1. The maximum atomic E-state index is 12.3. The molecule has 0 saturated heterocycles. The second-order valence-corrected chi connectivity index (χ2v) is 17.0. The van der Waals surface area contributed by atoms with Crippen LogP contribution >= 0.6 is 0 Å². The summed E-state index contributed by atoms with van der Waals surface area (Å²) in [5.41, 5.74) is 4.48. The molecule has 0 radical (unpaired) electrons. The van der Waals surface area contributed by atoms with Gasteiger partial charge in [-0.2, -0.15) is 0 Å². The first-order chi connectivity index (χ1) is 23.0. The van der Waals surface area contributed by atoms with Crippen molar-refractivity contribution in [3.8, 4) is 0 Å². The summed E-state index contributed by atoms with van der Waals surface area (Å²) in [5, 5.41) is 0. The van der Waals surface area contributed by atoms with E-state index < -0.39 is 5.97 Å². The van der Waals surface area contributed by atoms with E-state index in [0.29, 0.717) is 28.1 Å². The van der Waals surface area contributed by atoms with Crippen LogP contribution in [0.15, 0.2) is 29.8 Å². The van der Waals surface area contributed by atoms with Gasteiger partial charge in [0, 0.05) is 6.61 Å². The van der Waals surface area contributed by atoms with Crippen molar-refractivity contribution in [3.63, 3.8) is 0 Å². The highest BCUT2D eigenvalue weighted by molar-refractivity contribution is 5.94. The lowest BCUT2D eigenvalue weighted by Gasteiger charge is -2.58. The number of carbonyl (C=O) groups excluding carboxylic acids is 2. The van der Waals surface area contributed by atoms with Crippen molar-refractivity contribution < 1.29 is 23.8 Å². The highest BCUT2D eigenvalue weighted by atomic mass is 16.5. The van der Waals surface area contributed by atoms with Crippen molar-refractivity contribution in [1.29, 1.82) is 0 Å². The summed E-state index contributed by atoms with van der Waals surface area (Å²) in [6.07, 6.45) is 22.9. The van der Waals surface area contributed by atoms with E-state index in [2.05, 4.69) is 40.7 Å². The minimum Gasteiger partial charge on any atom is -0.465 e. The van der Waals surface area contributed by atoms with Gasteiger partial charge in [-0.3, -0.25) is 0 Å². The Morgan fingerprint density at radius 3 is 2.38 bits per heavy atom. The van der Waals surface area contributed by atoms with E-state index >= 15 is 0 Å². The Morgan fingerprint density at radius 1 is 0.854 bits per heavy atom. The minimum atomic E-state index is -0.391. The molecule has 5 nitrogen and oxygen atoms in total. The molecule has 0 N–H and O–H groups in total. The highest BCUT2D eigenvalue weighted by Crippen LogP contribution is 2.67. The van der Waals surface area contributed by atoms with Crippen molar-refractivity contribution in [2.75, 3.05) is 20.8 Å². The zero-order valence-corrected chi connectivity index (χ0v) is 31.4. The summed E-state index contributed by atoms with van der Waals surface area (Å²) in [7, 11) is 2.76. The summed E-state index contributed by atoms with van der Waals surface area (Å²) in [6.45, 7) is 13.5. The molecule has 0 heterocycles. The molecule has 0 aromatic heterocycles. The van der Waals surface area contributed by atoms with Crippen LogP contribution in [0.25, 0.3) is 0 Å². The van der Waals surface area contributed by atoms with Gasteiger partial charge < -0.3 is 14.2 Å². The quantitative estimate of drug-likeness (QED) is 0.106. The Balaban J connectivity index is 1.07. The molecule has 0 amide bonds. The molecule has 5 rings (SSSR count). The number of esters is 2. The predicted octanol–water partition coefficient (Wildman–Crippen LogP) is 10.8. The molecular formula is C43H66O5. The Morgan fingerprint density at radius 2 is 1.62 bits per heavy atom. The lowest BCUT2D eigenvalue weighted by molar-refractivity contribution is -0.0641. The third kappa shape index (κ3) is 7.92. The number of ether oxygens (including phenoxy) is 3. The van der Waals surface area contributed by atoms with Crippen LogP contribution in [0.2, 0.25) is 0 Å². The monoisotopic (exact) mass is 662 g/mol. The van der Waals surface area contributed by atoms with Crippen LogP contribution in [0, 0.1) is 46.3 Å². The van der Waals surface area contributed by atoms with Crippen LogP contribution in [0.3, 0.4) is 0 Å². The second-order valence-electron chi connectivity index (χ2n) is 17.0. The fourth-order valence-electron chi connectivity index (χ4n) is 11.2. The number of fused-ring (bicyclic) bond motifs is 5. The fraction of sp³-hybridized carbons (Fsp3) is 0.767. The molecule has 8 atom stereocenters. The molecule has 48 heavy (non-hydrogen) atoms. The third-order valence-corrected chi connectivity index (χ3v) is 13.9. The number of methoxy groups -OCH3 is 2. The van der Waals surface area contributed by atoms with Crippen molar-refractivity contribution in [1.82, 2.24) is 0 Å². The lowest BCUT2D eigenvalue weighted by Crippen LogP contribution is -2.51. The van der Waals surface area contributed by atoms with Gasteiger partial charge in [0.2, 0.25) is 0 Å². The largest absolute Gasteiger partial charge is 0.465 e. The Bertz CT molecular complexity index is 1280. The lowest BCUT2D eigenvalue weighted by atomic mass is 9.47. The number of hydrogen-bond donors (Lipinski definition) is 0. The maximum absolute atomic E-state index is 12.3. The average molecular weight is 663 g/mol. The molecule has 3 fully saturated rings. The summed E-state index contributed by atoms with van der Waals surface area (Å²) < 4.78 is 16.3. The molecule has 0 bridgehead atoms. The molecule has 0 spiro atoms. The van der Waals surface area contributed by atoms with Crippen LogP contribution in [0.1, 0.15) is 157 Å². The van der Waals surface area contributed by atoms with Crippen LogP contribution in [-0.4, -0.2) is 38.9 Å². The second kappa shape index (κ2) is 16.3. The van der Waals surface area contributed by atoms with Gasteiger partial charge in [0.1, 0.15) is 0 Å². The van der Waals surface area contributed by atoms with Crippen molar-refractivity contribution in [3.05, 3.63) is 46.5 Å². The van der Waals surface area contributed by atoms with Crippen molar-refractivity contribution in [2.45, 2.75) is 143 Å². The summed E-state index contributed by atoms with van der Waals surface area (Å²) in [5.74, 6) is 4.53. The molecule has 4 aliphatic carbocycles. The van der Waals surface area contributed by atoms with Gasteiger partial charge in [0.25, 0.3) is 0 Å². The predicted molar refractivity (Wildman–Crippen MR) is 194 cm³/mol. The first-order valence-corrected chi connectivity index (χ1v) is 19.6. The highest BCUT2D eigenvalue weighted by Gasteiger charge is 2.59. The van der Waals surface area contributed by atoms with Crippen molar-refractivity contribution in [2.24, 2.45) is 46.3 Å². The zero-order chi connectivity index (χ0) is 34.5. The van der Waals surface area contributed by atoms with E-state index in [1.165, 1.54) is 78.4 Å². The van der Waals surface area contributed by atoms with E-state index in [4.69, 9.17) is 14.2 Å². The number of aryl methyl sites for hydroxylation is 1. The summed E-state index contributed by atoms with van der Waals surface area (Å²) in [6, 6.07) is 5.07. The van der Waals surface area contributed by atoms with Crippen LogP contribution in [0.5, 0.6) is 0 Å². The number of benzene rings is 1. The Kier molecular flexibility index (Phi) is 12.6. The van der Waals surface area contributed by atoms with Gasteiger partial charge >= 0.3 is 11.9 Å². The molecular weight excluding hydrogens is 596 g/mol. The first-order valence-electron chi connectivity index (χ1n) is 19.6.